The minimum Gasteiger partial charge on any atom is -0.343 e. The van der Waals surface area contributed by atoms with Crippen molar-refractivity contribution in [2.75, 3.05) is 19.6 Å². The van der Waals surface area contributed by atoms with Crippen LogP contribution >= 0.6 is 0 Å². The lowest BCUT2D eigenvalue weighted by atomic mass is 10.2. The molecule has 2 heterocycles. The lowest BCUT2D eigenvalue weighted by molar-refractivity contribution is -0.130. The highest BCUT2D eigenvalue weighted by Crippen LogP contribution is 2.11. The number of likely N-dealkylation sites (tertiary alicyclic amines) is 1. The van der Waals surface area contributed by atoms with Crippen LogP contribution in [0, 0.1) is 0 Å². The Morgan fingerprint density at radius 1 is 1.50 bits per heavy atom. The zero-order chi connectivity index (χ0) is 13.0. The average molecular weight is 250 g/mol. The predicted octanol–water partition coefficient (Wildman–Crippen LogP) is 1.08. The monoisotopic (exact) mass is 250 g/mol. The Morgan fingerprint density at radius 3 is 2.83 bits per heavy atom. The predicted molar refractivity (Wildman–Crippen MR) is 70.1 cm³/mol. The second kappa shape index (κ2) is 6.00. The van der Waals surface area contributed by atoms with Crippen LogP contribution in [-0.4, -0.2) is 40.2 Å². The molecule has 0 spiro atoms. The van der Waals surface area contributed by atoms with Crippen LogP contribution in [0.4, 0.5) is 0 Å². The van der Waals surface area contributed by atoms with Crippen molar-refractivity contribution >= 4 is 5.91 Å². The Kier molecular flexibility index (Phi) is 4.36. The van der Waals surface area contributed by atoms with Gasteiger partial charge in [0.25, 0.3) is 0 Å². The fourth-order valence-electron chi connectivity index (χ4n) is 2.43. The third-order valence-electron chi connectivity index (χ3n) is 3.55. The number of nitrogens with zero attached hydrogens (tertiary/aromatic N) is 3. The molecule has 1 aliphatic heterocycles. The molecular formula is C13H22N4O. The second-order valence-electron chi connectivity index (χ2n) is 4.89. The van der Waals surface area contributed by atoms with E-state index in [9.17, 15) is 4.79 Å². The molecular weight excluding hydrogens is 228 g/mol. The Hall–Kier alpha value is -1.36. The molecule has 1 aliphatic rings. The number of nitrogens with one attached hydrogen (secondary N) is 1. The van der Waals surface area contributed by atoms with Crippen LogP contribution in [-0.2, 0) is 11.8 Å². The van der Waals surface area contributed by atoms with E-state index in [1.165, 1.54) is 0 Å². The number of rotatable bonds is 5. The largest absolute Gasteiger partial charge is 0.343 e. The van der Waals surface area contributed by atoms with Gasteiger partial charge in [-0.1, -0.05) is 0 Å². The molecule has 0 aliphatic carbocycles. The van der Waals surface area contributed by atoms with Crippen molar-refractivity contribution in [1.82, 2.24) is 20.0 Å². The van der Waals surface area contributed by atoms with E-state index in [1.54, 1.807) is 6.20 Å². The summed E-state index contributed by atoms with van der Waals surface area (Å²) < 4.78 is 1.86. The standard InChI is InChI=1S/C13H22N4O/c1-11(12-5-8-15-16(12)2)14-7-6-13(18)17-9-3-4-10-17/h5,8,11,14H,3-4,6-7,9-10H2,1-2H3. The summed E-state index contributed by atoms with van der Waals surface area (Å²) in [5.41, 5.74) is 1.14. The van der Waals surface area contributed by atoms with Gasteiger partial charge in [-0.05, 0) is 25.8 Å². The quantitative estimate of drug-likeness (QED) is 0.851. The molecule has 5 nitrogen and oxygen atoms in total. The molecule has 1 unspecified atom stereocenters. The lowest BCUT2D eigenvalue weighted by Gasteiger charge is -2.17. The maximum absolute atomic E-state index is 11.8. The summed E-state index contributed by atoms with van der Waals surface area (Å²) in [5.74, 6) is 0.275. The van der Waals surface area contributed by atoms with Gasteiger partial charge in [0.15, 0.2) is 0 Å². The molecule has 1 amide bonds. The summed E-state index contributed by atoms with van der Waals surface area (Å²) in [6.07, 6.45) is 4.69. The molecule has 18 heavy (non-hydrogen) atoms. The van der Waals surface area contributed by atoms with Gasteiger partial charge in [0.05, 0.1) is 5.69 Å². The molecule has 5 heteroatoms. The van der Waals surface area contributed by atoms with Crippen molar-refractivity contribution in [3.63, 3.8) is 0 Å². The number of aryl methyl sites for hydroxylation is 1. The van der Waals surface area contributed by atoms with Gasteiger partial charge in [0.1, 0.15) is 0 Å². The Bertz CT molecular complexity index is 395. The third-order valence-corrected chi connectivity index (χ3v) is 3.55. The van der Waals surface area contributed by atoms with Gasteiger partial charge >= 0.3 is 0 Å². The molecule has 1 saturated heterocycles. The highest BCUT2D eigenvalue weighted by Gasteiger charge is 2.17. The maximum atomic E-state index is 11.8. The Balaban J connectivity index is 1.72. The summed E-state index contributed by atoms with van der Waals surface area (Å²) in [4.78, 5) is 13.8. The summed E-state index contributed by atoms with van der Waals surface area (Å²) in [5, 5.41) is 7.52. The minimum atomic E-state index is 0.226. The Labute approximate surface area is 108 Å². The molecule has 0 saturated carbocycles. The van der Waals surface area contributed by atoms with Crippen molar-refractivity contribution in [2.45, 2.75) is 32.2 Å². The topological polar surface area (TPSA) is 50.2 Å². The van der Waals surface area contributed by atoms with Crippen LogP contribution in [0.2, 0.25) is 0 Å². The summed E-state index contributed by atoms with van der Waals surface area (Å²) in [7, 11) is 1.93. The van der Waals surface area contributed by atoms with E-state index >= 15 is 0 Å². The molecule has 2 rings (SSSR count). The molecule has 0 aromatic carbocycles. The average Bonchev–Trinajstić information content (AvgIpc) is 2.99. The van der Waals surface area contributed by atoms with Crippen molar-refractivity contribution < 1.29 is 4.79 Å². The van der Waals surface area contributed by atoms with Gasteiger partial charge < -0.3 is 10.2 Å². The molecule has 1 fully saturated rings. The first kappa shape index (κ1) is 13.1. The zero-order valence-electron chi connectivity index (χ0n) is 11.2. The Morgan fingerprint density at radius 2 is 2.22 bits per heavy atom. The van der Waals surface area contributed by atoms with Crippen LogP contribution in [0.3, 0.4) is 0 Å². The van der Waals surface area contributed by atoms with Crippen LogP contribution in [0.1, 0.15) is 37.9 Å². The highest BCUT2D eigenvalue weighted by atomic mass is 16.2. The van der Waals surface area contributed by atoms with Crippen LogP contribution in [0.5, 0.6) is 0 Å². The molecule has 0 bridgehead atoms. The summed E-state index contributed by atoms with van der Waals surface area (Å²) in [6, 6.07) is 2.23. The van der Waals surface area contributed by atoms with Gasteiger partial charge in [-0.2, -0.15) is 5.10 Å². The zero-order valence-corrected chi connectivity index (χ0v) is 11.2. The summed E-state index contributed by atoms with van der Waals surface area (Å²) >= 11 is 0. The number of hydrogen-bond acceptors (Lipinski definition) is 3. The van der Waals surface area contributed by atoms with E-state index in [-0.39, 0.29) is 11.9 Å². The molecule has 1 N–H and O–H groups in total. The fraction of sp³-hybridized carbons (Fsp3) is 0.692. The van der Waals surface area contributed by atoms with Gasteiger partial charge in [0, 0.05) is 45.3 Å². The lowest BCUT2D eigenvalue weighted by Crippen LogP contribution is -2.31. The molecule has 1 atom stereocenters. The SMILES string of the molecule is CC(NCCC(=O)N1CCCC1)c1ccnn1C. The van der Waals surface area contributed by atoms with Crippen LogP contribution in [0.25, 0.3) is 0 Å². The number of carbonyl (C=O) groups is 1. The van der Waals surface area contributed by atoms with E-state index in [4.69, 9.17) is 0 Å². The minimum absolute atomic E-state index is 0.226. The first-order valence-electron chi connectivity index (χ1n) is 6.67. The molecule has 1 aromatic rings. The number of amides is 1. The van der Waals surface area contributed by atoms with Crippen molar-refractivity contribution in [1.29, 1.82) is 0 Å². The van der Waals surface area contributed by atoms with Gasteiger partial charge in [-0.15, -0.1) is 0 Å². The summed E-state index contributed by atoms with van der Waals surface area (Å²) in [6.45, 7) is 4.70. The first-order valence-corrected chi connectivity index (χ1v) is 6.67. The van der Waals surface area contributed by atoms with E-state index in [0.717, 1.165) is 38.2 Å². The van der Waals surface area contributed by atoms with E-state index in [0.29, 0.717) is 6.42 Å². The number of aromatic nitrogens is 2. The normalized spacial score (nSPS) is 17.1. The number of hydrogen-bond donors (Lipinski definition) is 1. The van der Waals surface area contributed by atoms with Gasteiger partial charge in [0.2, 0.25) is 5.91 Å². The number of carbonyl (C=O) groups excluding carboxylic acids is 1. The van der Waals surface area contributed by atoms with Gasteiger partial charge in [-0.3, -0.25) is 9.48 Å². The molecule has 1 aromatic heterocycles. The van der Waals surface area contributed by atoms with E-state index < -0.39 is 0 Å². The first-order chi connectivity index (χ1) is 8.68. The van der Waals surface area contributed by atoms with Crippen LogP contribution < -0.4 is 5.32 Å². The fourth-order valence-corrected chi connectivity index (χ4v) is 2.43. The van der Waals surface area contributed by atoms with Crippen molar-refractivity contribution in [2.24, 2.45) is 7.05 Å². The van der Waals surface area contributed by atoms with Crippen LogP contribution in [0.15, 0.2) is 12.3 Å². The van der Waals surface area contributed by atoms with Crippen molar-refractivity contribution in [3.05, 3.63) is 18.0 Å². The molecule has 100 valence electrons. The maximum Gasteiger partial charge on any atom is 0.223 e. The third kappa shape index (κ3) is 3.10. The van der Waals surface area contributed by atoms with Crippen molar-refractivity contribution in [3.8, 4) is 0 Å². The molecule has 0 radical (unpaired) electrons. The van der Waals surface area contributed by atoms with Gasteiger partial charge in [-0.25, -0.2) is 0 Å². The van der Waals surface area contributed by atoms with E-state index in [2.05, 4.69) is 17.3 Å². The van der Waals surface area contributed by atoms with E-state index in [1.807, 2.05) is 22.7 Å². The second-order valence-corrected chi connectivity index (χ2v) is 4.89. The highest BCUT2D eigenvalue weighted by molar-refractivity contribution is 5.76. The smallest absolute Gasteiger partial charge is 0.223 e.